The minimum atomic E-state index is -4.15. The van der Waals surface area contributed by atoms with Crippen LogP contribution in [0.2, 0.25) is 0 Å². The highest BCUT2D eigenvalue weighted by Crippen LogP contribution is 2.14. The summed E-state index contributed by atoms with van der Waals surface area (Å²) < 4.78 is 38.2. The van der Waals surface area contributed by atoms with Crippen molar-refractivity contribution in [3.05, 3.63) is 89.2 Å². The van der Waals surface area contributed by atoms with Crippen LogP contribution in [0, 0.1) is 0 Å². The quantitative estimate of drug-likeness (QED) is 0.296. The summed E-state index contributed by atoms with van der Waals surface area (Å²) in [5.41, 5.74) is 1.31. The molecular formula is C29H33N3O7S. The first kappa shape index (κ1) is 30.3. The Morgan fingerprint density at radius 1 is 0.850 bits per heavy atom. The third kappa shape index (κ3) is 8.37. The van der Waals surface area contributed by atoms with Gasteiger partial charge in [0.1, 0.15) is 17.5 Å². The number of nitrogens with one attached hydrogen (secondary N) is 2. The maximum atomic E-state index is 12.7. The summed E-state index contributed by atoms with van der Waals surface area (Å²) >= 11 is 0. The van der Waals surface area contributed by atoms with Crippen LogP contribution in [0.15, 0.2) is 71.8 Å². The molecule has 0 aliphatic carbocycles. The Morgan fingerprint density at radius 3 is 2.08 bits per heavy atom. The summed E-state index contributed by atoms with van der Waals surface area (Å²) in [6, 6.07) is 15.4. The fraction of sp³-hybridized carbons (Fsp3) is 0.310. The average Bonchev–Trinajstić information content (AvgIpc) is 2.96. The van der Waals surface area contributed by atoms with Crippen molar-refractivity contribution >= 4 is 27.8 Å². The number of aromatic nitrogens is 1. The van der Waals surface area contributed by atoms with Crippen molar-refractivity contribution < 1.29 is 32.3 Å². The second-order valence-electron chi connectivity index (χ2n) is 8.82. The second-order valence-corrected chi connectivity index (χ2v) is 10.5. The lowest BCUT2D eigenvalue weighted by Gasteiger charge is -2.13. The monoisotopic (exact) mass is 567 g/mol. The highest BCUT2D eigenvalue weighted by molar-refractivity contribution is 7.90. The van der Waals surface area contributed by atoms with E-state index in [0.717, 1.165) is 11.8 Å². The summed E-state index contributed by atoms with van der Waals surface area (Å²) in [7, 11) is -4.15. The minimum Gasteiger partial charge on any atom is -0.494 e. The molecule has 1 aromatic heterocycles. The highest BCUT2D eigenvalue weighted by Gasteiger charge is 2.20. The van der Waals surface area contributed by atoms with Crippen molar-refractivity contribution in [1.82, 2.24) is 15.0 Å². The molecule has 212 valence electrons. The van der Waals surface area contributed by atoms with Crippen molar-refractivity contribution in [3.63, 3.8) is 0 Å². The number of rotatable bonds is 13. The van der Waals surface area contributed by atoms with Gasteiger partial charge < -0.3 is 14.8 Å². The van der Waals surface area contributed by atoms with E-state index in [4.69, 9.17) is 9.47 Å². The molecule has 3 rings (SSSR count). The molecule has 1 heterocycles. The number of carbonyl (C=O) groups is 3. The molecule has 0 fully saturated rings. The lowest BCUT2D eigenvalue weighted by molar-refractivity contribution is 0.0277. The summed E-state index contributed by atoms with van der Waals surface area (Å²) in [6.07, 6.45) is 2.72. The molecule has 0 saturated heterocycles. The van der Waals surface area contributed by atoms with Crippen molar-refractivity contribution in [2.75, 3.05) is 13.2 Å². The molecule has 0 bridgehead atoms. The van der Waals surface area contributed by atoms with E-state index in [-0.39, 0.29) is 28.2 Å². The molecule has 2 amide bonds. The average molecular weight is 568 g/mol. The molecular weight excluding hydrogens is 534 g/mol. The van der Waals surface area contributed by atoms with E-state index in [9.17, 15) is 22.8 Å². The number of amides is 2. The van der Waals surface area contributed by atoms with Gasteiger partial charge in [0.15, 0.2) is 0 Å². The van der Waals surface area contributed by atoms with E-state index in [0.29, 0.717) is 43.7 Å². The number of nitrogens with zero attached hydrogens (tertiary/aromatic N) is 1. The Morgan fingerprint density at radius 2 is 1.50 bits per heavy atom. The van der Waals surface area contributed by atoms with Gasteiger partial charge in [0.05, 0.1) is 17.1 Å². The molecule has 3 aromatic rings. The zero-order chi connectivity index (χ0) is 29.1. The molecule has 0 aliphatic rings. The van der Waals surface area contributed by atoms with Crippen molar-refractivity contribution in [2.24, 2.45) is 0 Å². The highest BCUT2D eigenvalue weighted by atomic mass is 32.2. The first-order valence-electron chi connectivity index (χ1n) is 13.0. The maximum Gasteiger partial charge on any atom is 0.357 e. The minimum absolute atomic E-state index is 0.0254. The molecule has 2 N–H and O–H groups in total. The van der Waals surface area contributed by atoms with Crippen molar-refractivity contribution in [1.29, 1.82) is 0 Å². The van der Waals surface area contributed by atoms with Gasteiger partial charge in [-0.1, -0.05) is 26.0 Å². The number of esters is 1. The molecule has 0 saturated carbocycles. The van der Waals surface area contributed by atoms with Gasteiger partial charge in [0.2, 0.25) is 0 Å². The van der Waals surface area contributed by atoms with Gasteiger partial charge in [-0.05, 0) is 80.3 Å². The lowest BCUT2D eigenvalue weighted by atomic mass is 10.1. The molecule has 2 aromatic carbocycles. The number of carbonyl (C=O) groups excluding carboxylic acids is 3. The van der Waals surface area contributed by atoms with Gasteiger partial charge in [0.25, 0.3) is 21.8 Å². The van der Waals surface area contributed by atoms with Crippen LogP contribution in [0.3, 0.4) is 0 Å². The van der Waals surface area contributed by atoms with Crippen LogP contribution >= 0.6 is 0 Å². The van der Waals surface area contributed by atoms with Crippen LogP contribution in [0.5, 0.6) is 5.75 Å². The third-order valence-electron chi connectivity index (χ3n) is 6.01. The summed E-state index contributed by atoms with van der Waals surface area (Å²) in [5, 5.41) is 2.82. The summed E-state index contributed by atoms with van der Waals surface area (Å²) in [4.78, 5) is 40.9. The Balaban J connectivity index is 1.52. The summed E-state index contributed by atoms with van der Waals surface area (Å²) in [6.45, 7) is 6.58. The van der Waals surface area contributed by atoms with Gasteiger partial charge in [-0.3, -0.25) is 9.59 Å². The first-order valence-corrected chi connectivity index (χ1v) is 14.5. The van der Waals surface area contributed by atoms with Crippen LogP contribution in [0.4, 0.5) is 0 Å². The Hall–Kier alpha value is -4.25. The van der Waals surface area contributed by atoms with Crippen LogP contribution in [-0.2, 0) is 21.2 Å². The van der Waals surface area contributed by atoms with Crippen LogP contribution in [-0.4, -0.2) is 50.4 Å². The molecule has 0 radical (unpaired) electrons. The van der Waals surface area contributed by atoms with E-state index >= 15 is 0 Å². The van der Waals surface area contributed by atoms with Crippen LogP contribution in [0.1, 0.15) is 70.4 Å². The molecule has 0 spiro atoms. The Bertz CT molecular complexity index is 1400. The van der Waals surface area contributed by atoms with Crippen LogP contribution < -0.4 is 14.8 Å². The number of hydrogen-bond donors (Lipinski definition) is 2. The van der Waals surface area contributed by atoms with Crippen LogP contribution in [0.25, 0.3) is 0 Å². The molecule has 11 heteroatoms. The van der Waals surface area contributed by atoms with E-state index in [1.54, 1.807) is 36.4 Å². The largest absolute Gasteiger partial charge is 0.494 e. The van der Waals surface area contributed by atoms with Gasteiger partial charge in [-0.2, -0.15) is 0 Å². The second kappa shape index (κ2) is 14.2. The number of hydrogen-bond acceptors (Lipinski definition) is 8. The van der Waals surface area contributed by atoms with E-state index in [2.05, 4.69) is 10.3 Å². The first-order chi connectivity index (χ1) is 19.2. The predicted molar refractivity (Wildman–Crippen MR) is 149 cm³/mol. The van der Waals surface area contributed by atoms with Gasteiger partial charge in [-0.15, -0.1) is 0 Å². The third-order valence-corrected chi connectivity index (χ3v) is 7.35. The maximum absolute atomic E-state index is 12.7. The number of pyridine rings is 1. The smallest absolute Gasteiger partial charge is 0.357 e. The number of benzene rings is 2. The van der Waals surface area contributed by atoms with E-state index in [1.807, 2.05) is 25.5 Å². The molecule has 10 nitrogen and oxygen atoms in total. The normalized spacial score (nSPS) is 11.1. The molecule has 40 heavy (non-hydrogen) atoms. The predicted octanol–water partition coefficient (Wildman–Crippen LogP) is 3.92. The molecule has 0 atom stereocenters. The fourth-order valence-electron chi connectivity index (χ4n) is 3.68. The number of ether oxygens (including phenoxy) is 2. The standard InChI is InChI=1S/C29H33N3O7S/c1-4-23(5-2)39-29(35)26-16-11-22(19-31-26)28(34)32-40(36,37)25-14-7-20(8-15-25)17-18-30-27(33)21-9-12-24(13-10-21)38-6-3/h7-16,19,23H,4-6,17-18H2,1-3H3,(H,30,33)(H,32,34). The fourth-order valence-corrected chi connectivity index (χ4v) is 4.66. The van der Waals surface area contributed by atoms with Gasteiger partial charge in [0, 0.05) is 18.3 Å². The van der Waals surface area contributed by atoms with Gasteiger partial charge in [-0.25, -0.2) is 22.9 Å². The number of sulfonamides is 1. The summed E-state index contributed by atoms with van der Waals surface area (Å²) in [5.74, 6) is -1.03. The van der Waals surface area contributed by atoms with E-state index < -0.39 is 21.9 Å². The Kier molecular flexibility index (Phi) is 10.8. The lowest BCUT2D eigenvalue weighted by Crippen LogP contribution is -2.30. The molecule has 0 aliphatic heterocycles. The van der Waals surface area contributed by atoms with Crippen molar-refractivity contribution in [3.8, 4) is 5.75 Å². The topological polar surface area (TPSA) is 141 Å². The Labute approximate surface area is 234 Å². The van der Waals surface area contributed by atoms with Crippen molar-refractivity contribution in [2.45, 2.75) is 51.0 Å². The van der Waals surface area contributed by atoms with E-state index in [1.165, 1.54) is 24.3 Å². The van der Waals surface area contributed by atoms with Gasteiger partial charge >= 0.3 is 5.97 Å². The zero-order valence-corrected chi connectivity index (χ0v) is 23.5. The SMILES string of the molecule is CCOc1ccc(C(=O)NCCc2ccc(S(=O)(=O)NC(=O)c3ccc(C(=O)OC(CC)CC)nc3)cc2)cc1. The zero-order valence-electron chi connectivity index (χ0n) is 22.7. The molecule has 0 unspecified atom stereocenters.